The Morgan fingerprint density at radius 2 is 2.03 bits per heavy atom. The highest BCUT2D eigenvalue weighted by atomic mass is 35.5. The quantitative estimate of drug-likeness (QED) is 0.470. The Kier molecular flexibility index (Phi) is 8.04. The van der Waals surface area contributed by atoms with Gasteiger partial charge in [-0.15, -0.1) is 0 Å². The maximum absolute atomic E-state index is 13.3. The van der Waals surface area contributed by atoms with Gasteiger partial charge < -0.3 is 14.6 Å². The highest BCUT2D eigenvalue weighted by Crippen LogP contribution is 2.38. The maximum atomic E-state index is 13.3. The monoisotopic (exact) mass is 527 g/mol. The van der Waals surface area contributed by atoms with Crippen molar-refractivity contribution in [3.63, 3.8) is 0 Å². The van der Waals surface area contributed by atoms with Crippen molar-refractivity contribution in [3.05, 3.63) is 40.6 Å². The predicted octanol–water partition coefficient (Wildman–Crippen LogP) is 3.83. The van der Waals surface area contributed by atoms with Gasteiger partial charge in [0.05, 0.1) is 17.1 Å². The number of aromatic nitrogens is 2. The number of nitrogens with two attached hydrogens (primary N) is 1. The molecule has 1 aromatic heterocycles. The van der Waals surface area contributed by atoms with E-state index in [0.29, 0.717) is 35.4 Å². The van der Waals surface area contributed by atoms with Crippen LogP contribution in [0.1, 0.15) is 52.0 Å². The number of hydrogen-bond donors (Lipinski definition) is 3. The van der Waals surface area contributed by atoms with Crippen LogP contribution < -0.4 is 21.2 Å². The van der Waals surface area contributed by atoms with Crippen molar-refractivity contribution in [1.82, 2.24) is 24.8 Å². The smallest absolute Gasteiger partial charge is 0.257 e. The summed E-state index contributed by atoms with van der Waals surface area (Å²) in [6, 6.07) is 3.89. The van der Waals surface area contributed by atoms with E-state index in [1.54, 1.807) is 0 Å². The van der Waals surface area contributed by atoms with Crippen LogP contribution in [0, 0.1) is 0 Å². The third-order valence-corrected chi connectivity index (χ3v) is 7.77. The molecule has 2 saturated heterocycles. The molecule has 200 valence electrons. The Hall–Kier alpha value is -2.59. The zero-order chi connectivity index (χ0) is 25.9. The lowest BCUT2D eigenvalue weighted by Crippen LogP contribution is -2.36. The van der Waals surface area contributed by atoms with E-state index in [1.807, 2.05) is 43.1 Å². The van der Waals surface area contributed by atoms with Crippen LogP contribution in [0.4, 0.5) is 5.95 Å². The molecule has 3 aliphatic heterocycles. The number of nitrogens with one attached hydrogen (secondary N) is 2. The lowest BCUT2D eigenvalue weighted by molar-refractivity contribution is -0.112. The number of hydrogen-bond acceptors (Lipinski definition) is 7. The third kappa shape index (κ3) is 5.95. The number of benzene rings is 1. The van der Waals surface area contributed by atoms with Crippen LogP contribution in [0.25, 0.3) is 11.0 Å². The minimum atomic E-state index is -0.194. The van der Waals surface area contributed by atoms with Crippen LogP contribution in [0.5, 0.6) is 5.75 Å². The van der Waals surface area contributed by atoms with E-state index in [0.717, 1.165) is 62.2 Å². The lowest BCUT2D eigenvalue weighted by atomic mass is 10.1. The Morgan fingerprint density at radius 1 is 1.24 bits per heavy atom. The molecule has 0 spiro atoms. The first-order valence-electron chi connectivity index (χ1n) is 13.4. The van der Waals surface area contributed by atoms with Gasteiger partial charge in [-0.25, -0.2) is 9.99 Å². The number of ether oxygens (including phenoxy) is 1. The lowest BCUT2D eigenvalue weighted by Gasteiger charge is -2.24. The van der Waals surface area contributed by atoms with Gasteiger partial charge in [0.1, 0.15) is 17.4 Å². The molecule has 2 atom stereocenters. The Labute approximate surface area is 223 Å². The summed E-state index contributed by atoms with van der Waals surface area (Å²) in [5.74, 6) is 7.22. The Morgan fingerprint density at radius 3 is 2.81 bits per heavy atom. The van der Waals surface area contributed by atoms with Gasteiger partial charge in [-0.1, -0.05) is 18.0 Å². The topological polar surface area (TPSA) is 101 Å². The summed E-state index contributed by atoms with van der Waals surface area (Å²) in [6.07, 6.45) is 9.26. The summed E-state index contributed by atoms with van der Waals surface area (Å²) in [6.45, 7) is 9.18. The van der Waals surface area contributed by atoms with Gasteiger partial charge >= 0.3 is 0 Å². The van der Waals surface area contributed by atoms with E-state index in [4.69, 9.17) is 27.2 Å². The van der Waals surface area contributed by atoms with Crippen LogP contribution in [0.15, 0.2) is 35.6 Å². The van der Waals surface area contributed by atoms with Crippen molar-refractivity contribution in [2.24, 2.45) is 5.84 Å². The Balaban J connectivity index is 1.48. The van der Waals surface area contributed by atoms with Crippen LogP contribution in [0.2, 0.25) is 5.02 Å². The molecule has 1 aromatic carbocycles. The number of carbonyl (C=O) groups is 1. The zero-order valence-electron chi connectivity index (χ0n) is 21.8. The highest BCUT2D eigenvalue weighted by molar-refractivity contribution is 6.36. The molecule has 3 aliphatic rings. The second-order valence-electron chi connectivity index (χ2n) is 10.4. The molecular formula is C27H38ClN7O2. The van der Waals surface area contributed by atoms with Gasteiger partial charge in [0.2, 0.25) is 5.95 Å². The second kappa shape index (κ2) is 11.4. The Bertz CT molecular complexity index is 1200. The number of likely N-dealkylation sites (tertiary alicyclic amines) is 1. The average Bonchev–Trinajstić information content (AvgIpc) is 3.44. The standard InChI is InChI=1S/C27H38ClN7O2/c1-18-15-20(16-19(2)30-18)26(36)32-27-31-22-8-9-23(37-14-13-33-10-5-6-11-33)24(28)25(22)35(27)21-7-3-4-12-34(29)17-21/h8-9,15-16,18,21,30H,3-7,10-14,17,29H2,1-2H3,(H,31,32,36)/t18?,21-/m1/s1. The molecular weight excluding hydrogens is 490 g/mol. The van der Waals surface area contributed by atoms with Gasteiger partial charge in [0, 0.05) is 36.9 Å². The molecule has 4 N–H and O–H groups in total. The molecule has 37 heavy (non-hydrogen) atoms. The normalized spacial score (nSPS) is 23.4. The molecule has 10 heteroatoms. The van der Waals surface area contributed by atoms with E-state index in [9.17, 15) is 4.79 Å². The number of rotatable bonds is 7. The van der Waals surface area contributed by atoms with Crippen molar-refractivity contribution >= 4 is 34.5 Å². The molecule has 4 heterocycles. The highest BCUT2D eigenvalue weighted by Gasteiger charge is 2.27. The first-order chi connectivity index (χ1) is 17.9. The minimum absolute atomic E-state index is 0.0170. The molecule has 2 fully saturated rings. The molecule has 5 rings (SSSR count). The van der Waals surface area contributed by atoms with Crippen molar-refractivity contribution in [3.8, 4) is 5.75 Å². The van der Waals surface area contributed by atoms with E-state index in [-0.39, 0.29) is 18.0 Å². The van der Waals surface area contributed by atoms with Crippen LogP contribution >= 0.6 is 11.6 Å². The number of hydrazine groups is 1. The van der Waals surface area contributed by atoms with Gasteiger partial charge in [0.15, 0.2) is 0 Å². The summed E-state index contributed by atoms with van der Waals surface area (Å²) in [7, 11) is 0. The van der Waals surface area contributed by atoms with Gasteiger partial charge in [-0.3, -0.25) is 20.9 Å². The van der Waals surface area contributed by atoms with Gasteiger partial charge in [-0.05, 0) is 76.9 Å². The predicted molar refractivity (Wildman–Crippen MR) is 148 cm³/mol. The van der Waals surface area contributed by atoms with E-state index < -0.39 is 0 Å². The van der Waals surface area contributed by atoms with Gasteiger partial charge in [0.25, 0.3) is 5.91 Å². The maximum Gasteiger partial charge on any atom is 0.257 e. The fraction of sp³-hybridized carbons (Fsp3) is 0.556. The van der Waals surface area contributed by atoms with Crippen LogP contribution in [-0.4, -0.2) is 70.7 Å². The van der Waals surface area contributed by atoms with Crippen molar-refractivity contribution in [2.45, 2.75) is 58.0 Å². The summed E-state index contributed by atoms with van der Waals surface area (Å²) < 4.78 is 8.21. The van der Waals surface area contributed by atoms with Crippen molar-refractivity contribution < 1.29 is 9.53 Å². The number of halogens is 1. The van der Waals surface area contributed by atoms with Crippen molar-refractivity contribution in [2.75, 3.05) is 44.6 Å². The zero-order valence-corrected chi connectivity index (χ0v) is 22.6. The second-order valence-corrected chi connectivity index (χ2v) is 10.8. The number of carbonyl (C=O) groups excluding carboxylic acids is 1. The first-order valence-corrected chi connectivity index (χ1v) is 13.8. The van der Waals surface area contributed by atoms with Gasteiger partial charge in [-0.2, -0.15) is 0 Å². The third-order valence-electron chi connectivity index (χ3n) is 7.41. The number of anilines is 1. The largest absolute Gasteiger partial charge is 0.491 e. The summed E-state index contributed by atoms with van der Waals surface area (Å²) >= 11 is 6.99. The average molecular weight is 528 g/mol. The summed E-state index contributed by atoms with van der Waals surface area (Å²) in [5, 5.41) is 8.75. The fourth-order valence-electron chi connectivity index (χ4n) is 5.64. The molecule has 9 nitrogen and oxygen atoms in total. The number of allylic oxidation sites excluding steroid dienone is 1. The SMILES string of the molecule is CC1=CC(C(=O)Nc2nc3ccc(OCCN4CCCC4)c(Cl)c3n2[C@@H]2CCCCN(N)C2)=CC(C)N1. The van der Waals surface area contributed by atoms with E-state index in [2.05, 4.69) is 20.1 Å². The molecule has 0 bridgehead atoms. The summed E-state index contributed by atoms with van der Waals surface area (Å²) in [5.41, 5.74) is 3.06. The first kappa shape index (κ1) is 26.0. The number of dihydropyridines is 1. The van der Waals surface area contributed by atoms with Crippen LogP contribution in [-0.2, 0) is 4.79 Å². The molecule has 0 radical (unpaired) electrons. The van der Waals surface area contributed by atoms with Crippen LogP contribution in [0.3, 0.4) is 0 Å². The summed E-state index contributed by atoms with van der Waals surface area (Å²) in [4.78, 5) is 20.6. The fourth-order valence-corrected chi connectivity index (χ4v) is 5.95. The van der Waals surface area contributed by atoms with E-state index in [1.165, 1.54) is 12.8 Å². The molecule has 1 unspecified atom stereocenters. The number of nitrogens with zero attached hydrogens (tertiary/aromatic N) is 4. The van der Waals surface area contributed by atoms with E-state index >= 15 is 0 Å². The number of amides is 1. The number of fused-ring (bicyclic) bond motifs is 1. The molecule has 0 aliphatic carbocycles. The minimum Gasteiger partial charge on any atom is -0.491 e. The number of imidazole rings is 1. The molecule has 0 saturated carbocycles. The molecule has 1 amide bonds. The molecule has 2 aromatic rings. The van der Waals surface area contributed by atoms with Crippen molar-refractivity contribution in [1.29, 1.82) is 0 Å².